The lowest BCUT2D eigenvalue weighted by Crippen LogP contribution is -2.37. The van der Waals surface area contributed by atoms with Gasteiger partial charge in [0.2, 0.25) is 0 Å². The molecule has 0 aliphatic carbocycles. The molecule has 1 atom stereocenters. The van der Waals surface area contributed by atoms with Gasteiger partial charge in [-0.05, 0) is 36.4 Å². The van der Waals surface area contributed by atoms with E-state index in [0.717, 1.165) is 5.69 Å². The number of nitrogens with zero attached hydrogens (tertiary/aromatic N) is 2. The summed E-state index contributed by atoms with van der Waals surface area (Å²) >= 11 is 5.87. The maximum Gasteiger partial charge on any atom is 0.310 e. The fourth-order valence-corrected chi connectivity index (χ4v) is 2.41. The first-order valence-electron chi connectivity index (χ1n) is 7.54. The van der Waals surface area contributed by atoms with E-state index in [-0.39, 0.29) is 18.4 Å². The van der Waals surface area contributed by atoms with Gasteiger partial charge in [0.1, 0.15) is 0 Å². The van der Waals surface area contributed by atoms with Crippen molar-refractivity contribution in [2.45, 2.75) is 13.5 Å². The highest BCUT2D eigenvalue weighted by molar-refractivity contribution is 6.30. The number of carbonyl (C=O) groups excluding carboxylic acids is 2. The summed E-state index contributed by atoms with van der Waals surface area (Å²) in [6, 6.07) is 12.2. The fraction of sp³-hybridized carbons (Fsp3) is 0.278. The zero-order chi connectivity index (χ0) is 17.5. The Balaban J connectivity index is 2.22. The van der Waals surface area contributed by atoms with Gasteiger partial charge in [0.25, 0.3) is 5.91 Å². The number of hydrogen-bond acceptors (Lipinski definition) is 4. The molecule has 0 N–H and O–H groups in total. The molecule has 1 heterocycles. The summed E-state index contributed by atoms with van der Waals surface area (Å²) in [6.07, 6.45) is 1.67. The van der Waals surface area contributed by atoms with Crippen molar-refractivity contribution in [3.8, 4) is 0 Å². The summed E-state index contributed by atoms with van der Waals surface area (Å²) < 4.78 is 4.75. The van der Waals surface area contributed by atoms with Gasteiger partial charge in [0.05, 0.1) is 25.3 Å². The normalized spacial score (nSPS) is 11.6. The second kappa shape index (κ2) is 8.45. The van der Waals surface area contributed by atoms with Crippen molar-refractivity contribution in [1.29, 1.82) is 0 Å². The highest BCUT2D eigenvalue weighted by Crippen LogP contribution is 2.15. The van der Waals surface area contributed by atoms with Crippen molar-refractivity contribution < 1.29 is 14.3 Å². The smallest absolute Gasteiger partial charge is 0.310 e. The standard InChI is InChI=1S/C18H19ClN2O3/c1-13(18(23)24-2)11-21(12-16-5-3-4-10-20-16)17(22)14-6-8-15(19)9-7-14/h3-10,13H,11-12H2,1-2H3. The number of rotatable bonds is 6. The SMILES string of the molecule is COC(=O)C(C)CN(Cc1ccccn1)C(=O)c1ccc(Cl)cc1. The van der Waals surface area contributed by atoms with Gasteiger partial charge in [-0.3, -0.25) is 14.6 Å². The third-order valence-electron chi connectivity index (χ3n) is 3.56. The van der Waals surface area contributed by atoms with E-state index in [1.54, 1.807) is 42.3 Å². The van der Waals surface area contributed by atoms with Crippen molar-refractivity contribution in [1.82, 2.24) is 9.88 Å². The second-order valence-electron chi connectivity index (χ2n) is 5.44. The Morgan fingerprint density at radius 1 is 1.21 bits per heavy atom. The van der Waals surface area contributed by atoms with Gasteiger partial charge in [-0.15, -0.1) is 0 Å². The molecule has 0 spiro atoms. The molecule has 1 amide bonds. The Bertz CT molecular complexity index is 689. The lowest BCUT2D eigenvalue weighted by molar-refractivity contribution is -0.145. The minimum absolute atomic E-state index is 0.187. The van der Waals surface area contributed by atoms with E-state index in [1.807, 2.05) is 18.2 Å². The number of esters is 1. The highest BCUT2D eigenvalue weighted by atomic mass is 35.5. The first-order chi connectivity index (χ1) is 11.5. The van der Waals surface area contributed by atoms with Crippen molar-refractivity contribution in [2.75, 3.05) is 13.7 Å². The molecule has 0 aliphatic heterocycles. The zero-order valence-corrected chi connectivity index (χ0v) is 14.4. The van der Waals surface area contributed by atoms with Crippen LogP contribution in [0.4, 0.5) is 0 Å². The maximum absolute atomic E-state index is 12.8. The van der Waals surface area contributed by atoms with Crippen molar-refractivity contribution in [3.05, 3.63) is 64.9 Å². The van der Waals surface area contributed by atoms with Gasteiger partial charge in [0.15, 0.2) is 0 Å². The van der Waals surface area contributed by atoms with Gasteiger partial charge >= 0.3 is 5.97 Å². The molecule has 1 unspecified atom stereocenters. The Kier molecular flexibility index (Phi) is 6.32. The molecule has 1 aromatic heterocycles. The molecule has 2 rings (SSSR count). The minimum Gasteiger partial charge on any atom is -0.469 e. The Hall–Kier alpha value is -2.40. The number of pyridine rings is 1. The lowest BCUT2D eigenvalue weighted by atomic mass is 10.1. The number of benzene rings is 1. The van der Waals surface area contributed by atoms with Gasteiger partial charge in [-0.25, -0.2) is 0 Å². The van der Waals surface area contributed by atoms with E-state index in [9.17, 15) is 9.59 Å². The first kappa shape index (κ1) is 17.9. The number of aromatic nitrogens is 1. The van der Waals surface area contributed by atoms with Crippen LogP contribution in [-0.4, -0.2) is 35.4 Å². The predicted molar refractivity (Wildman–Crippen MR) is 91.6 cm³/mol. The largest absolute Gasteiger partial charge is 0.469 e. The van der Waals surface area contributed by atoms with Crippen LogP contribution in [0.2, 0.25) is 5.02 Å². The topological polar surface area (TPSA) is 59.5 Å². The first-order valence-corrected chi connectivity index (χ1v) is 7.91. The summed E-state index contributed by atoms with van der Waals surface area (Å²) in [5.74, 6) is -0.979. The fourth-order valence-electron chi connectivity index (χ4n) is 2.29. The van der Waals surface area contributed by atoms with Crippen LogP contribution < -0.4 is 0 Å². The van der Waals surface area contributed by atoms with Crippen LogP contribution >= 0.6 is 11.6 Å². The van der Waals surface area contributed by atoms with Crippen molar-refractivity contribution >= 4 is 23.5 Å². The molecule has 0 aliphatic rings. The monoisotopic (exact) mass is 346 g/mol. The van der Waals surface area contributed by atoms with E-state index in [4.69, 9.17) is 16.3 Å². The van der Waals surface area contributed by atoms with Gasteiger partial charge in [0, 0.05) is 23.3 Å². The van der Waals surface area contributed by atoms with E-state index in [0.29, 0.717) is 17.1 Å². The molecule has 2 aromatic rings. The van der Waals surface area contributed by atoms with Crippen molar-refractivity contribution in [2.24, 2.45) is 5.92 Å². The summed E-state index contributed by atoms with van der Waals surface area (Å²) in [7, 11) is 1.34. The molecule has 0 bridgehead atoms. The number of amides is 1. The van der Waals surface area contributed by atoms with Crippen LogP contribution in [0.1, 0.15) is 23.0 Å². The maximum atomic E-state index is 12.8. The summed E-state index contributed by atoms with van der Waals surface area (Å²) in [4.78, 5) is 30.4. The molecule has 0 saturated heterocycles. The van der Waals surface area contributed by atoms with E-state index >= 15 is 0 Å². The van der Waals surface area contributed by atoms with E-state index in [2.05, 4.69) is 4.98 Å². The Morgan fingerprint density at radius 2 is 1.92 bits per heavy atom. The Labute approximate surface area is 146 Å². The molecular formula is C18H19ClN2O3. The number of ether oxygens (including phenoxy) is 1. The summed E-state index contributed by atoms with van der Waals surface area (Å²) in [6.45, 7) is 2.28. The van der Waals surface area contributed by atoms with Gasteiger partial charge in [-0.1, -0.05) is 24.6 Å². The lowest BCUT2D eigenvalue weighted by Gasteiger charge is -2.25. The molecule has 0 saturated carbocycles. The van der Waals surface area contributed by atoms with Crippen LogP contribution in [0.15, 0.2) is 48.7 Å². The number of hydrogen-bond donors (Lipinski definition) is 0. The summed E-state index contributed by atoms with van der Waals surface area (Å²) in [5.41, 5.74) is 1.25. The zero-order valence-electron chi connectivity index (χ0n) is 13.6. The van der Waals surface area contributed by atoms with Gasteiger partial charge in [-0.2, -0.15) is 0 Å². The van der Waals surface area contributed by atoms with Gasteiger partial charge < -0.3 is 9.64 Å². The highest BCUT2D eigenvalue weighted by Gasteiger charge is 2.23. The second-order valence-corrected chi connectivity index (χ2v) is 5.87. The average Bonchev–Trinajstić information content (AvgIpc) is 2.61. The molecule has 0 fully saturated rings. The molecule has 126 valence electrons. The van der Waals surface area contributed by atoms with Crippen LogP contribution in [0, 0.1) is 5.92 Å². The number of halogens is 1. The third kappa shape index (κ3) is 4.80. The van der Waals surface area contributed by atoms with E-state index < -0.39 is 5.92 Å². The Morgan fingerprint density at radius 3 is 2.50 bits per heavy atom. The molecule has 6 heteroatoms. The molecule has 1 aromatic carbocycles. The van der Waals surface area contributed by atoms with Crippen LogP contribution in [0.5, 0.6) is 0 Å². The predicted octanol–water partition coefficient (Wildman–Crippen LogP) is 3.19. The molecule has 5 nitrogen and oxygen atoms in total. The molecule has 24 heavy (non-hydrogen) atoms. The quantitative estimate of drug-likeness (QED) is 0.754. The number of carbonyl (C=O) groups is 2. The number of methoxy groups -OCH3 is 1. The minimum atomic E-state index is -0.435. The van der Waals surface area contributed by atoms with Crippen LogP contribution in [-0.2, 0) is 16.1 Å². The van der Waals surface area contributed by atoms with E-state index in [1.165, 1.54) is 7.11 Å². The van der Waals surface area contributed by atoms with Crippen molar-refractivity contribution in [3.63, 3.8) is 0 Å². The molecular weight excluding hydrogens is 328 g/mol. The molecule has 0 radical (unpaired) electrons. The van der Waals surface area contributed by atoms with Crippen LogP contribution in [0.3, 0.4) is 0 Å². The third-order valence-corrected chi connectivity index (χ3v) is 3.81. The average molecular weight is 347 g/mol. The summed E-state index contributed by atoms with van der Waals surface area (Å²) in [5, 5.41) is 0.561. The van der Waals surface area contributed by atoms with Crippen LogP contribution in [0.25, 0.3) is 0 Å².